The van der Waals surface area contributed by atoms with E-state index in [1.165, 1.54) is 0 Å². The molecule has 0 aliphatic rings. The second kappa shape index (κ2) is 5.09. The van der Waals surface area contributed by atoms with Gasteiger partial charge < -0.3 is 10.8 Å². The molecule has 0 aromatic carbocycles. The van der Waals surface area contributed by atoms with Gasteiger partial charge in [0.25, 0.3) is 0 Å². The molecule has 0 radical (unpaired) electrons. The normalized spacial score (nSPS) is 15.9. The summed E-state index contributed by atoms with van der Waals surface area (Å²) in [7, 11) is 0. The van der Waals surface area contributed by atoms with Gasteiger partial charge >= 0.3 is 6.18 Å². The average Bonchev–Trinajstić information content (AvgIpc) is 2.10. The molecule has 0 heterocycles. The van der Waals surface area contributed by atoms with Gasteiger partial charge in [0.15, 0.2) is 0 Å². The number of alkyl halides is 3. The first kappa shape index (κ1) is 13.9. The largest absolute Gasteiger partial charge is 0.418 e. The van der Waals surface area contributed by atoms with E-state index in [4.69, 9.17) is 10.8 Å². The molecule has 0 amide bonds. The Kier molecular flexibility index (Phi) is 4.71. The fourth-order valence-corrected chi connectivity index (χ4v) is 1.14. The fourth-order valence-electron chi connectivity index (χ4n) is 1.14. The van der Waals surface area contributed by atoms with Crippen molar-refractivity contribution >= 4 is 12.4 Å². The van der Waals surface area contributed by atoms with Gasteiger partial charge in [-0.05, 0) is 17.4 Å². The first-order chi connectivity index (χ1) is 6.75. The van der Waals surface area contributed by atoms with Crippen LogP contribution in [0.3, 0.4) is 0 Å². The highest BCUT2D eigenvalue weighted by molar-refractivity contribution is 5.90. The first-order valence-electron chi connectivity index (χ1n) is 4.58. The lowest BCUT2D eigenvalue weighted by Crippen LogP contribution is -2.20. The Balaban J connectivity index is 5.45. The van der Waals surface area contributed by atoms with Crippen LogP contribution in [0.2, 0.25) is 0 Å². The van der Waals surface area contributed by atoms with E-state index in [0.717, 1.165) is 0 Å². The summed E-state index contributed by atoms with van der Waals surface area (Å²) in [5.74, 6) is -0.389. The van der Waals surface area contributed by atoms with Crippen LogP contribution in [0.25, 0.3) is 0 Å². The lowest BCUT2D eigenvalue weighted by atomic mass is 9.87. The lowest BCUT2D eigenvalue weighted by Gasteiger charge is -2.20. The number of hydrogen-bond donors (Lipinski definition) is 2. The van der Waals surface area contributed by atoms with Crippen molar-refractivity contribution in [1.29, 1.82) is 10.8 Å². The van der Waals surface area contributed by atoms with E-state index in [-0.39, 0.29) is 23.6 Å². The third kappa shape index (κ3) is 3.49. The van der Waals surface area contributed by atoms with Gasteiger partial charge in [-0.2, -0.15) is 13.2 Å². The molecule has 0 spiro atoms. The third-order valence-electron chi connectivity index (χ3n) is 2.41. The molecule has 0 rings (SSSR count). The van der Waals surface area contributed by atoms with Crippen LogP contribution in [0, 0.1) is 22.7 Å². The molecule has 5 heteroatoms. The molecule has 0 bridgehead atoms. The van der Waals surface area contributed by atoms with E-state index < -0.39 is 11.7 Å². The molecule has 0 saturated carbocycles. The molecule has 2 N–H and O–H groups in total. The number of halogens is 3. The monoisotopic (exact) mass is 220 g/mol. The van der Waals surface area contributed by atoms with Crippen molar-refractivity contribution in [2.24, 2.45) is 11.8 Å². The van der Waals surface area contributed by atoms with Gasteiger partial charge in [-0.1, -0.05) is 20.8 Å². The maximum atomic E-state index is 12.5. The molecular formula is C10H15F3N2. The minimum Gasteiger partial charge on any atom is -0.308 e. The summed E-state index contributed by atoms with van der Waals surface area (Å²) in [6.45, 7) is 5.19. The van der Waals surface area contributed by atoms with Crippen molar-refractivity contribution in [1.82, 2.24) is 0 Å². The fraction of sp³-hybridized carbons (Fsp3) is 0.600. The summed E-state index contributed by atoms with van der Waals surface area (Å²) in [6.07, 6.45) is -3.59. The summed E-state index contributed by atoms with van der Waals surface area (Å²) in [5, 5.41) is 13.8. The highest BCUT2D eigenvalue weighted by atomic mass is 19.4. The Morgan fingerprint density at radius 3 is 1.73 bits per heavy atom. The van der Waals surface area contributed by atoms with Crippen LogP contribution in [-0.2, 0) is 0 Å². The highest BCUT2D eigenvalue weighted by Crippen LogP contribution is 2.31. The minimum atomic E-state index is -4.56. The Hall–Kier alpha value is -1.13. The molecule has 0 saturated heterocycles. The van der Waals surface area contributed by atoms with E-state index >= 15 is 0 Å². The quantitative estimate of drug-likeness (QED) is 0.682. The van der Waals surface area contributed by atoms with Crippen LogP contribution in [0.1, 0.15) is 20.8 Å². The van der Waals surface area contributed by atoms with Crippen LogP contribution in [0.5, 0.6) is 0 Å². The topological polar surface area (TPSA) is 47.7 Å². The number of nitrogens with one attached hydrogen (secondary N) is 2. The molecular weight excluding hydrogens is 205 g/mol. The SMILES string of the molecule is CC(C)C(C)/C(C=N)=C(/C=N)C(F)(F)F. The summed E-state index contributed by atoms with van der Waals surface area (Å²) >= 11 is 0. The second-order valence-corrected chi connectivity index (χ2v) is 3.69. The summed E-state index contributed by atoms with van der Waals surface area (Å²) in [5.41, 5.74) is -1.16. The zero-order chi connectivity index (χ0) is 12.2. The molecule has 15 heavy (non-hydrogen) atoms. The van der Waals surface area contributed by atoms with Gasteiger partial charge in [0.1, 0.15) is 0 Å². The zero-order valence-corrected chi connectivity index (χ0v) is 8.94. The van der Waals surface area contributed by atoms with E-state index in [1.807, 2.05) is 0 Å². The molecule has 0 aromatic rings. The average molecular weight is 220 g/mol. The molecule has 0 fully saturated rings. The van der Waals surface area contributed by atoms with Crippen LogP contribution in [-0.4, -0.2) is 18.6 Å². The third-order valence-corrected chi connectivity index (χ3v) is 2.41. The molecule has 86 valence electrons. The maximum absolute atomic E-state index is 12.5. The van der Waals surface area contributed by atoms with Gasteiger partial charge in [-0.3, -0.25) is 0 Å². The maximum Gasteiger partial charge on any atom is 0.418 e. The number of rotatable bonds is 4. The Bertz CT molecular complexity index is 277. The first-order valence-corrected chi connectivity index (χ1v) is 4.58. The summed E-state index contributed by atoms with van der Waals surface area (Å²) in [4.78, 5) is 0. The van der Waals surface area contributed by atoms with Crippen LogP contribution in [0.4, 0.5) is 13.2 Å². The smallest absolute Gasteiger partial charge is 0.308 e. The Morgan fingerprint density at radius 2 is 1.53 bits per heavy atom. The van der Waals surface area contributed by atoms with Crippen molar-refractivity contribution in [2.45, 2.75) is 26.9 Å². The van der Waals surface area contributed by atoms with Gasteiger partial charge in [-0.25, -0.2) is 0 Å². The van der Waals surface area contributed by atoms with Crippen LogP contribution in [0.15, 0.2) is 11.1 Å². The van der Waals surface area contributed by atoms with Crippen molar-refractivity contribution in [3.8, 4) is 0 Å². The summed E-state index contributed by atoms with van der Waals surface area (Å²) < 4.78 is 37.4. The van der Waals surface area contributed by atoms with Gasteiger partial charge in [0, 0.05) is 12.4 Å². The van der Waals surface area contributed by atoms with Gasteiger partial charge in [0.2, 0.25) is 0 Å². The van der Waals surface area contributed by atoms with E-state index in [1.54, 1.807) is 20.8 Å². The van der Waals surface area contributed by atoms with E-state index in [0.29, 0.717) is 6.21 Å². The molecule has 2 nitrogen and oxygen atoms in total. The standard InChI is InChI=1S/C10H15F3N2/c1-6(2)7(3)8(4-14)9(5-15)10(11,12)13/h4-7,14-15H,1-3H3/b9-8-,14-4?,15-5?. The van der Waals surface area contributed by atoms with Crippen LogP contribution >= 0.6 is 0 Å². The highest BCUT2D eigenvalue weighted by Gasteiger charge is 2.35. The number of hydrogen-bond acceptors (Lipinski definition) is 2. The predicted molar refractivity (Wildman–Crippen MR) is 54.7 cm³/mol. The Morgan fingerprint density at radius 1 is 1.07 bits per heavy atom. The number of allylic oxidation sites excluding steroid dienone is 2. The van der Waals surface area contributed by atoms with E-state index in [9.17, 15) is 13.2 Å². The van der Waals surface area contributed by atoms with Gasteiger partial charge in [0.05, 0.1) is 5.57 Å². The summed E-state index contributed by atoms with van der Waals surface area (Å²) in [6, 6.07) is 0. The predicted octanol–water partition coefficient (Wildman–Crippen LogP) is 3.44. The molecule has 0 aliphatic carbocycles. The van der Waals surface area contributed by atoms with Crippen molar-refractivity contribution < 1.29 is 13.2 Å². The van der Waals surface area contributed by atoms with Crippen molar-refractivity contribution in [3.63, 3.8) is 0 Å². The zero-order valence-electron chi connectivity index (χ0n) is 8.94. The molecule has 0 aliphatic heterocycles. The second-order valence-electron chi connectivity index (χ2n) is 3.69. The molecule has 1 atom stereocenters. The van der Waals surface area contributed by atoms with Crippen LogP contribution < -0.4 is 0 Å². The molecule has 0 aromatic heterocycles. The van der Waals surface area contributed by atoms with E-state index in [2.05, 4.69) is 0 Å². The lowest BCUT2D eigenvalue weighted by molar-refractivity contribution is -0.0865. The minimum absolute atomic E-state index is 0.00102. The van der Waals surface area contributed by atoms with Crippen molar-refractivity contribution in [2.75, 3.05) is 0 Å². The van der Waals surface area contributed by atoms with Gasteiger partial charge in [-0.15, -0.1) is 0 Å². The van der Waals surface area contributed by atoms with Crippen molar-refractivity contribution in [3.05, 3.63) is 11.1 Å². The molecule has 1 unspecified atom stereocenters. The Labute approximate surface area is 87.2 Å².